The Morgan fingerprint density at radius 3 is 2.17 bits per heavy atom. The van der Waals surface area contributed by atoms with E-state index in [4.69, 9.17) is 4.74 Å². The minimum atomic E-state index is -0.355. The second-order valence-electron chi connectivity index (χ2n) is 4.92. The zero-order chi connectivity index (χ0) is 17.7. The van der Waals surface area contributed by atoms with Gasteiger partial charge in [-0.25, -0.2) is 4.79 Å². The van der Waals surface area contributed by atoms with E-state index in [1.165, 1.54) is 13.2 Å². The molecule has 0 saturated heterocycles. The number of carbonyl (C=O) groups is 2. The summed E-state index contributed by atoms with van der Waals surface area (Å²) >= 11 is 0. The monoisotopic (exact) mass is 316 g/mol. The first-order valence-electron chi connectivity index (χ1n) is 7.18. The smallest absolute Gasteiger partial charge is 0.342 e. The molecule has 0 atom stereocenters. The normalized spacial score (nSPS) is 9.83. The molecule has 0 radical (unpaired) electrons. The van der Waals surface area contributed by atoms with Gasteiger partial charge < -0.3 is 9.47 Å². The van der Waals surface area contributed by atoms with Crippen molar-refractivity contribution < 1.29 is 19.1 Å². The number of rotatable bonds is 5. The van der Waals surface area contributed by atoms with Crippen LogP contribution in [0.15, 0.2) is 66.5 Å². The van der Waals surface area contributed by atoms with Gasteiger partial charge in [0.15, 0.2) is 0 Å². The Labute approximate surface area is 138 Å². The molecule has 1 rings (SSSR count). The van der Waals surface area contributed by atoms with Crippen molar-refractivity contribution in [2.24, 2.45) is 0 Å². The van der Waals surface area contributed by atoms with Crippen LogP contribution in [-0.2, 0) is 14.3 Å². The minimum absolute atomic E-state index is 0.229. The SMILES string of the molecule is C=CC(C)=COC(=O)c1ccccc1.CC(=O)OCC=C(C)C. The van der Waals surface area contributed by atoms with Crippen molar-refractivity contribution in [1.82, 2.24) is 0 Å². The van der Waals surface area contributed by atoms with Gasteiger partial charge in [-0.2, -0.15) is 0 Å². The molecule has 0 aliphatic rings. The predicted molar refractivity (Wildman–Crippen MR) is 91.9 cm³/mol. The number of carbonyl (C=O) groups excluding carboxylic acids is 2. The average molecular weight is 316 g/mol. The highest BCUT2D eigenvalue weighted by Gasteiger charge is 2.03. The molecule has 4 heteroatoms. The molecule has 0 N–H and O–H groups in total. The fourth-order valence-electron chi connectivity index (χ4n) is 1.16. The van der Waals surface area contributed by atoms with Crippen molar-refractivity contribution in [3.63, 3.8) is 0 Å². The number of ether oxygens (including phenoxy) is 2. The summed E-state index contributed by atoms with van der Waals surface area (Å²) in [7, 11) is 0. The summed E-state index contributed by atoms with van der Waals surface area (Å²) in [5.74, 6) is -0.584. The van der Waals surface area contributed by atoms with E-state index in [0.29, 0.717) is 12.2 Å². The van der Waals surface area contributed by atoms with E-state index >= 15 is 0 Å². The lowest BCUT2D eigenvalue weighted by Crippen LogP contribution is -1.99. The summed E-state index contributed by atoms with van der Waals surface area (Å²) in [6.45, 7) is 11.1. The van der Waals surface area contributed by atoms with Crippen molar-refractivity contribution >= 4 is 11.9 Å². The first-order valence-corrected chi connectivity index (χ1v) is 7.18. The average Bonchev–Trinajstić information content (AvgIpc) is 2.53. The maximum absolute atomic E-state index is 11.4. The van der Waals surface area contributed by atoms with Gasteiger partial charge in [0.1, 0.15) is 6.61 Å². The largest absolute Gasteiger partial charge is 0.462 e. The van der Waals surface area contributed by atoms with Crippen LogP contribution in [-0.4, -0.2) is 18.5 Å². The molecule has 4 nitrogen and oxygen atoms in total. The van der Waals surface area contributed by atoms with E-state index in [9.17, 15) is 9.59 Å². The molecule has 0 bridgehead atoms. The van der Waals surface area contributed by atoms with Gasteiger partial charge in [0.25, 0.3) is 0 Å². The first-order chi connectivity index (χ1) is 10.9. The van der Waals surface area contributed by atoms with Crippen LogP contribution in [0.5, 0.6) is 0 Å². The quantitative estimate of drug-likeness (QED) is 0.348. The van der Waals surface area contributed by atoms with Crippen LogP contribution in [0.3, 0.4) is 0 Å². The first kappa shape index (κ1) is 20.4. The minimum Gasteiger partial charge on any atom is -0.462 e. The number of allylic oxidation sites excluding steroid dienone is 3. The van der Waals surface area contributed by atoms with Crippen molar-refractivity contribution in [1.29, 1.82) is 0 Å². The van der Waals surface area contributed by atoms with Gasteiger partial charge >= 0.3 is 11.9 Å². The van der Waals surface area contributed by atoms with Crippen molar-refractivity contribution in [2.75, 3.05) is 6.61 Å². The molecular formula is C19H24O4. The standard InChI is InChI=1S/C12H12O2.C7H12O2/c1-3-10(2)9-14-12(13)11-7-5-4-6-8-11;1-6(2)4-5-9-7(3)8/h3-9H,1H2,2H3;4H,5H2,1-3H3. The highest BCUT2D eigenvalue weighted by atomic mass is 16.5. The molecule has 1 aromatic rings. The van der Waals surface area contributed by atoms with E-state index in [2.05, 4.69) is 11.3 Å². The zero-order valence-corrected chi connectivity index (χ0v) is 14.2. The van der Waals surface area contributed by atoms with E-state index in [1.54, 1.807) is 30.3 Å². The van der Waals surface area contributed by atoms with Crippen LogP contribution in [0, 0.1) is 0 Å². The van der Waals surface area contributed by atoms with E-state index < -0.39 is 0 Å². The maximum Gasteiger partial charge on any atom is 0.342 e. The Balaban J connectivity index is 0.000000468. The zero-order valence-electron chi connectivity index (χ0n) is 14.2. The number of esters is 2. The summed E-state index contributed by atoms with van der Waals surface area (Å²) in [6, 6.07) is 8.85. The highest BCUT2D eigenvalue weighted by Crippen LogP contribution is 2.02. The molecule has 0 unspecified atom stereocenters. The molecule has 0 fully saturated rings. The fourth-order valence-corrected chi connectivity index (χ4v) is 1.16. The van der Waals surface area contributed by atoms with Crippen LogP contribution in [0.25, 0.3) is 0 Å². The van der Waals surface area contributed by atoms with Crippen LogP contribution < -0.4 is 0 Å². The Hall–Kier alpha value is -2.62. The lowest BCUT2D eigenvalue weighted by atomic mass is 10.2. The van der Waals surface area contributed by atoms with Gasteiger partial charge in [0.05, 0.1) is 11.8 Å². The van der Waals surface area contributed by atoms with Crippen molar-refractivity contribution in [3.8, 4) is 0 Å². The molecule has 0 aliphatic heterocycles. The van der Waals surface area contributed by atoms with Gasteiger partial charge in [-0.05, 0) is 44.6 Å². The lowest BCUT2D eigenvalue weighted by Gasteiger charge is -1.99. The molecular weight excluding hydrogens is 292 g/mol. The highest BCUT2D eigenvalue weighted by molar-refractivity contribution is 5.89. The molecule has 0 spiro atoms. The third-order valence-electron chi connectivity index (χ3n) is 2.46. The molecule has 0 heterocycles. The van der Waals surface area contributed by atoms with Crippen LogP contribution in [0.4, 0.5) is 0 Å². The Kier molecular flexibility index (Phi) is 10.6. The van der Waals surface area contributed by atoms with Crippen molar-refractivity contribution in [3.05, 3.63) is 72.0 Å². The Bertz CT molecular complexity index is 564. The Morgan fingerprint density at radius 2 is 1.70 bits per heavy atom. The van der Waals surface area contributed by atoms with E-state index in [-0.39, 0.29) is 11.9 Å². The number of hydrogen-bond acceptors (Lipinski definition) is 4. The summed E-state index contributed by atoms with van der Waals surface area (Å²) in [6.07, 6.45) is 4.88. The number of hydrogen-bond donors (Lipinski definition) is 0. The third kappa shape index (κ3) is 11.7. The van der Waals surface area contributed by atoms with Crippen LogP contribution >= 0.6 is 0 Å². The summed E-state index contributed by atoms with van der Waals surface area (Å²) in [5, 5.41) is 0. The molecule has 0 aromatic heterocycles. The summed E-state index contributed by atoms with van der Waals surface area (Å²) < 4.78 is 9.55. The third-order valence-corrected chi connectivity index (χ3v) is 2.46. The van der Waals surface area contributed by atoms with Crippen LogP contribution in [0.1, 0.15) is 38.1 Å². The number of benzene rings is 1. The van der Waals surface area contributed by atoms with E-state index in [0.717, 1.165) is 11.1 Å². The predicted octanol–water partition coefficient (Wildman–Crippen LogP) is 4.45. The molecule has 0 aliphatic carbocycles. The van der Waals surface area contributed by atoms with Gasteiger partial charge in [0.2, 0.25) is 0 Å². The van der Waals surface area contributed by atoms with Crippen molar-refractivity contribution in [2.45, 2.75) is 27.7 Å². The van der Waals surface area contributed by atoms with Gasteiger partial charge in [-0.1, -0.05) is 36.4 Å². The second kappa shape index (κ2) is 12.0. The van der Waals surface area contributed by atoms with Gasteiger partial charge in [0, 0.05) is 6.92 Å². The summed E-state index contributed by atoms with van der Waals surface area (Å²) in [4.78, 5) is 21.5. The molecule has 1 aromatic carbocycles. The second-order valence-corrected chi connectivity index (χ2v) is 4.92. The summed E-state index contributed by atoms with van der Waals surface area (Å²) in [5.41, 5.74) is 2.52. The van der Waals surface area contributed by atoms with E-state index in [1.807, 2.05) is 32.9 Å². The lowest BCUT2D eigenvalue weighted by molar-refractivity contribution is -0.139. The Morgan fingerprint density at radius 1 is 1.09 bits per heavy atom. The topological polar surface area (TPSA) is 52.6 Å². The van der Waals surface area contributed by atoms with Gasteiger partial charge in [-0.15, -0.1) is 0 Å². The molecule has 124 valence electrons. The molecule has 0 saturated carbocycles. The molecule has 23 heavy (non-hydrogen) atoms. The molecule has 0 amide bonds. The van der Waals surface area contributed by atoms with Gasteiger partial charge in [-0.3, -0.25) is 4.79 Å². The fraction of sp³-hybridized carbons (Fsp3) is 0.263. The maximum atomic E-state index is 11.4. The van der Waals surface area contributed by atoms with Crippen LogP contribution in [0.2, 0.25) is 0 Å².